The number of Topliss-reactive ketones (excluding diaryl/α,β-unsaturated/α-hetero) is 1. The van der Waals surface area contributed by atoms with Crippen LogP contribution in [0.15, 0.2) is 47.1 Å². The fourth-order valence-corrected chi connectivity index (χ4v) is 9.28. The van der Waals surface area contributed by atoms with Gasteiger partial charge in [0.2, 0.25) is 5.60 Å². The average Bonchev–Trinajstić information content (AvgIpc) is 3.72. The van der Waals surface area contributed by atoms with E-state index in [1.54, 1.807) is 13.2 Å². The highest BCUT2D eigenvalue weighted by Crippen LogP contribution is 2.50. The van der Waals surface area contributed by atoms with Crippen LogP contribution in [0, 0.1) is 5.92 Å². The van der Waals surface area contributed by atoms with E-state index >= 15 is 0 Å². The number of hydrogen-bond donors (Lipinski definition) is 0. The van der Waals surface area contributed by atoms with Crippen LogP contribution in [0.4, 0.5) is 0 Å². The van der Waals surface area contributed by atoms with Crippen LogP contribution in [0.25, 0.3) is 11.0 Å². The highest BCUT2D eigenvalue weighted by Gasteiger charge is 2.69. The Labute approximate surface area is 340 Å². The first kappa shape index (κ1) is 45.9. The van der Waals surface area contributed by atoms with E-state index in [1.165, 1.54) is 0 Å². The summed E-state index contributed by atoms with van der Waals surface area (Å²) in [6, 6.07) is 12.4. The molecule has 1 aromatic heterocycles. The van der Waals surface area contributed by atoms with E-state index in [4.69, 9.17) is 27.5 Å². The molecule has 1 fully saturated rings. The molecule has 0 spiro atoms. The molecule has 1 saturated heterocycles. The lowest BCUT2D eigenvalue weighted by Gasteiger charge is -2.40. The van der Waals surface area contributed by atoms with E-state index in [1.807, 2.05) is 25.1 Å². The Morgan fingerprint density at radius 3 is 2.09 bits per heavy atom. The molecular formula is C46H72O8Si2. The van der Waals surface area contributed by atoms with Crippen molar-refractivity contribution in [3.8, 4) is 5.75 Å². The predicted octanol–water partition coefficient (Wildman–Crippen LogP) is 12.1. The number of hydrogen-bond acceptors (Lipinski definition) is 8. The third kappa shape index (κ3) is 10.1. The van der Waals surface area contributed by atoms with Gasteiger partial charge in [-0.05, 0) is 85.6 Å². The lowest BCUT2D eigenvalue weighted by atomic mass is 9.84. The molecule has 0 bridgehead atoms. The minimum Gasteiger partial charge on any atom is -0.488 e. The molecule has 1 aliphatic heterocycles. The zero-order valence-corrected chi connectivity index (χ0v) is 39.3. The molecule has 0 N–H and O–H groups in total. The van der Waals surface area contributed by atoms with Crippen LogP contribution < -0.4 is 4.74 Å². The van der Waals surface area contributed by atoms with Crippen LogP contribution in [-0.4, -0.2) is 52.8 Å². The smallest absolute Gasteiger partial charge is 0.343 e. The van der Waals surface area contributed by atoms with Gasteiger partial charge in [0, 0.05) is 23.3 Å². The minimum absolute atomic E-state index is 0.00109. The molecule has 0 aliphatic carbocycles. The Morgan fingerprint density at radius 2 is 1.55 bits per heavy atom. The molecule has 0 amide bonds. The summed E-state index contributed by atoms with van der Waals surface area (Å²) >= 11 is 0. The number of ketones is 1. The molecule has 1 aliphatic rings. The van der Waals surface area contributed by atoms with Gasteiger partial charge in [-0.15, -0.1) is 0 Å². The summed E-state index contributed by atoms with van der Waals surface area (Å²) in [5.74, 6) is 0.213. The normalized spacial score (nSPS) is 19.0. The molecule has 312 valence electrons. The number of ether oxygens (including phenoxy) is 3. The Hall–Kier alpha value is -2.77. The second-order valence-electron chi connectivity index (χ2n) is 19.2. The second-order valence-corrected chi connectivity index (χ2v) is 28.8. The Morgan fingerprint density at radius 1 is 0.911 bits per heavy atom. The summed E-state index contributed by atoms with van der Waals surface area (Å²) in [5, 5.41) is 0.760. The van der Waals surface area contributed by atoms with E-state index < -0.39 is 40.2 Å². The Kier molecular flexibility index (Phi) is 14.8. The summed E-state index contributed by atoms with van der Waals surface area (Å²) in [5.41, 5.74) is 3.25. The number of benzene rings is 2. The van der Waals surface area contributed by atoms with Gasteiger partial charge in [-0.25, -0.2) is 4.79 Å². The maximum atomic E-state index is 15.0. The van der Waals surface area contributed by atoms with E-state index in [0.717, 1.165) is 46.2 Å². The number of epoxide rings is 1. The van der Waals surface area contributed by atoms with E-state index in [2.05, 4.69) is 107 Å². The average molecular weight is 809 g/mol. The topological polar surface area (TPSA) is 96.7 Å². The summed E-state index contributed by atoms with van der Waals surface area (Å²) in [4.78, 5) is 28.7. The van der Waals surface area contributed by atoms with E-state index in [0.29, 0.717) is 37.6 Å². The lowest BCUT2D eigenvalue weighted by Crippen LogP contribution is -2.52. The second kappa shape index (κ2) is 18.0. The van der Waals surface area contributed by atoms with Crippen LogP contribution in [0.2, 0.25) is 36.3 Å². The van der Waals surface area contributed by atoms with Gasteiger partial charge in [0.15, 0.2) is 16.6 Å². The van der Waals surface area contributed by atoms with Crippen molar-refractivity contribution in [2.45, 2.75) is 181 Å². The molecule has 0 radical (unpaired) electrons. The number of esters is 1. The van der Waals surface area contributed by atoms with Crippen molar-refractivity contribution in [3.63, 3.8) is 0 Å². The molecular weight excluding hydrogens is 737 g/mol. The van der Waals surface area contributed by atoms with Gasteiger partial charge in [-0.2, -0.15) is 0 Å². The van der Waals surface area contributed by atoms with Crippen LogP contribution in [0.5, 0.6) is 5.75 Å². The summed E-state index contributed by atoms with van der Waals surface area (Å²) in [6.07, 6.45) is 3.44. The largest absolute Gasteiger partial charge is 0.488 e. The molecule has 4 rings (SSSR count). The monoisotopic (exact) mass is 808 g/mol. The SMILES string of the molecule is CCCC(C(=O)C[C@@H](O[Si](C)(C)C(C)(C)C)[C@]1(C(=O)OCC)O[C@H]1CC)c1coc2c(CO[Si](C)(C)C(C)(C)C)c(OCc3ccccc3)c(CC(C)C)cc12. The molecule has 4 atom stereocenters. The van der Waals surface area contributed by atoms with E-state index in [-0.39, 0.29) is 35.0 Å². The maximum absolute atomic E-state index is 15.0. The van der Waals surface area contributed by atoms with Gasteiger partial charge in [-0.1, -0.05) is 106 Å². The highest BCUT2D eigenvalue weighted by atomic mass is 28.4. The van der Waals surface area contributed by atoms with Gasteiger partial charge in [0.1, 0.15) is 29.8 Å². The molecule has 2 aromatic carbocycles. The molecule has 1 unspecified atom stereocenters. The standard InChI is InChI=1S/C46H72O8Si2/c1-16-22-34(38(47)27-40(54-56(14,15)45(9,10)11)46(39(17-2)53-46)43(48)49-18-3)36-29-51-42-35(36)26-33(25-31(4)5)41(50-28-32-23-20-19-21-24-32)37(42)30-52-55(12,13)44(6,7)8/h19-21,23-24,26,29,31,34,39-40H,16-18,22,25,27-28,30H2,1-15H3/t34?,39-,40+,46+/m0/s1. The Bertz CT molecular complexity index is 1780. The number of carbonyl (C=O) groups excluding carboxylic acids is 2. The lowest BCUT2D eigenvalue weighted by molar-refractivity contribution is -0.154. The van der Waals surface area contributed by atoms with Crippen LogP contribution >= 0.6 is 0 Å². The first-order valence-corrected chi connectivity index (χ1v) is 26.8. The van der Waals surface area contributed by atoms with Gasteiger partial charge in [0.25, 0.3) is 0 Å². The zero-order chi connectivity index (χ0) is 41.9. The third-order valence-corrected chi connectivity index (χ3v) is 21.4. The minimum atomic E-state index is -2.47. The van der Waals surface area contributed by atoms with Gasteiger partial charge >= 0.3 is 5.97 Å². The van der Waals surface area contributed by atoms with Gasteiger partial charge < -0.3 is 27.5 Å². The van der Waals surface area contributed by atoms with Crippen molar-refractivity contribution in [3.05, 3.63) is 64.9 Å². The number of furan rings is 1. The number of rotatable bonds is 20. The van der Waals surface area contributed by atoms with Gasteiger partial charge in [-0.3, -0.25) is 4.79 Å². The van der Waals surface area contributed by atoms with Crippen LogP contribution in [-0.2, 0) is 47.5 Å². The summed E-state index contributed by atoms with van der Waals surface area (Å²) < 4.78 is 39.1. The summed E-state index contributed by atoms with van der Waals surface area (Å²) in [7, 11) is -4.65. The van der Waals surface area contributed by atoms with Crippen molar-refractivity contribution in [2.24, 2.45) is 5.92 Å². The zero-order valence-electron chi connectivity index (χ0n) is 37.3. The molecule has 8 nitrogen and oxygen atoms in total. The van der Waals surface area contributed by atoms with Crippen LogP contribution in [0.1, 0.15) is 130 Å². The van der Waals surface area contributed by atoms with Crippen molar-refractivity contribution in [1.82, 2.24) is 0 Å². The Balaban J connectivity index is 1.87. The predicted molar refractivity (Wildman–Crippen MR) is 231 cm³/mol. The molecule has 56 heavy (non-hydrogen) atoms. The van der Waals surface area contributed by atoms with Crippen molar-refractivity contribution in [2.75, 3.05) is 6.61 Å². The molecule has 10 heteroatoms. The summed E-state index contributed by atoms with van der Waals surface area (Å²) in [6.45, 7) is 33.3. The molecule has 0 saturated carbocycles. The highest BCUT2D eigenvalue weighted by molar-refractivity contribution is 6.74. The fourth-order valence-electron chi connectivity index (χ4n) is 7.01. The van der Waals surface area contributed by atoms with Crippen molar-refractivity contribution < 1.29 is 37.1 Å². The van der Waals surface area contributed by atoms with Crippen molar-refractivity contribution in [1.29, 1.82) is 0 Å². The third-order valence-electron chi connectivity index (χ3n) is 12.4. The molecule has 3 aromatic rings. The first-order valence-electron chi connectivity index (χ1n) is 21.0. The maximum Gasteiger partial charge on any atom is 0.343 e. The van der Waals surface area contributed by atoms with Gasteiger partial charge in [0.05, 0.1) is 31.1 Å². The quantitative estimate of drug-likeness (QED) is 0.0632. The van der Waals surface area contributed by atoms with Crippen molar-refractivity contribution >= 4 is 39.4 Å². The molecule has 2 heterocycles. The number of fused-ring (bicyclic) bond motifs is 1. The first-order chi connectivity index (χ1) is 26.0. The van der Waals surface area contributed by atoms with E-state index in [9.17, 15) is 9.59 Å². The number of carbonyl (C=O) groups is 2. The fraction of sp³-hybridized carbons (Fsp3) is 0.652. The van der Waals surface area contributed by atoms with Crippen LogP contribution in [0.3, 0.4) is 0 Å².